The number of carbonyl (C=O) groups excluding carboxylic acids is 2. The van der Waals surface area contributed by atoms with E-state index in [0.717, 1.165) is 24.3 Å². The van der Waals surface area contributed by atoms with E-state index in [2.05, 4.69) is 9.72 Å². The Kier molecular flexibility index (Phi) is 6.02. The summed E-state index contributed by atoms with van der Waals surface area (Å²) in [6.07, 6.45) is 0. The molecular weight excluding hydrogens is 500 g/mol. The van der Waals surface area contributed by atoms with Gasteiger partial charge in [0.15, 0.2) is 33.4 Å². The van der Waals surface area contributed by atoms with Crippen LogP contribution in [-0.4, -0.2) is 29.5 Å². The number of thiazole rings is 1. The van der Waals surface area contributed by atoms with E-state index in [4.69, 9.17) is 20.5 Å². The summed E-state index contributed by atoms with van der Waals surface area (Å²) in [4.78, 5) is 28.3. The van der Waals surface area contributed by atoms with Gasteiger partial charge in [-0.2, -0.15) is 0 Å². The van der Waals surface area contributed by atoms with E-state index in [0.29, 0.717) is 11.3 Å². The molecule has 0 fully saturated rings. The van der Waals surface area contributed by atoms with Gasteiger partial charge in [0.25, 0.3) is 5.91 Å². The van der Waals surface area contributed by atoms with Gasteiger partial charge in [0.05, 0.1) is 16.7 Å². The number of hydrogen-bond donors (Lipinski definition) is 1. The lowest BCUT2D eigenvalue weighted by Gasteiger charge is -2.19. The summed E-state index contributed by atoms with van der Waals surface area (Å²) in [5.74, 6) is -10.4. The van der Waals surface area contributed by atoms with Crippen LogP contribution in [0.25, 0.3) is 11.1 Å². The van der Waals surface area contributed by atoms with Gasteiger partial charge in [-0.05, 0) is 38.5 Å². The Bertz CT molecular complexity index is 1360. The first-order chi connectivity index (χ1) is 17.0. The molecule has 0 radical (unpaired) electrons. The molecule has 0 aliphatic carbocycles. The van der Waals surface area contributed by atoms with Crippen LogP contribution in [0.1, 0.15) is 45.0 Å². The lowest BCUT2D eigenvalue weighted by atomic mass is 10.0. The molecule has 0 aliphatic heterocycles. The zero-order valence-electron chi connectivity index (χ0n) is 20.7. The molecule has 0 unspecified atom stereocenters. The number of ether oxygens (including phenoxy) is 2. The van der Waals surface area contributed by atoms with Gasteiger partial charge < -0.3 is 14.8 Å². The SMILES string of the molecule is [2H]C([2H])([2H])Oc1cccc(-c2c(F)c(F)c(NC(=O)c3nc(Cl)sc3C(=O)OC(C)(C)C)c(F)c2F)c1. The third-order valence-electron chi connectivity index (χ3n) is 4.14. The van der Waals surface area contributed by atoms with E-state index in [1.165, 1.54) is 0 Å². The molecular formula is C22H17ClF4N2O4S. The maximum atomic E-state index is 14.9. The molecule has 2 aromatic carbocycles. The average Bonchev–Trinajstić information content (AvgIpc) is 3.15. The van der Waals surface area contributed by atoms with Gasteiger partial charge in [0, 0.05) is 0 Å². The number of carbonyl (C=O) groups is 2. The number of nitrogens with one attached hydrogen (secondary N) is 1. The average molecular weight is 520 g/mol. The van der Waals surface area contributed by atoms with E-state index in [-0.39, 0.29) is 10.2 Å². The zero-order valence-corrected chi connectivity index (χ0v) is 19.3. The number of rotatable bonds is 5. The summed E-state index contributed by atoms with van der Waals surface area (Å²) in [7, 11) is -2.89. The summed E-state index contributed by atoms with van der Waals surface area (Å²) >= 11 is 6.34. The molecule has 0 aliphatic rings. The van der Waals surface area contributed by atoms with E-state index in [9.17, 15) is 27.2 Å². The number of anilines is 1. The fraction of sp³-hybridized carbons (Fsp3) is 0.227. The number of nitrogens with zero attached hydrogens (tertiary/aromatic N) is 1. The molecule has 1 heterocycles. The smallest absolute Gasteiger partial charge is 0.351 e. The molecule has 0 saturated heterocycles. The molecule has 1 amide bonds. The van der Waals surface area contributed by atoms with Crippen LogP contribution in [0.15, 0.2) is 24.3 Å². The molecule has 6 nitrogen and oxygen atoms in total. The zero-order chi connectivity index (χ0) is 27.9. The number of esters is 1. The van der Waals surface area contributed by atoms with Gasteiger partial charge in [0.1, 0.15) is 21.9 Å². The lowest BCUT2D eigenvalue weighted by Crippen LogP contribution is -2.25. The van der Waals surface area contributed by atoms with Crippen LogP contribution in [0.5, 0.6) is 5.75 Å². The summed E-state index contributed by atoms with van der Waals surface area (Å²) < 4.78 is 90.4. The summed E-state index contributed by atoms with van der Waals surface area (Å²) in [5, 5.41) is 1.68. The summed E-state index contributed by atoms with van der Waals surface area (Å²) in [6.45, 7) is 4.66. The van der Waals surface area contributed by atoms with E-state index >= 15 is 0 Å². The van der Waals surface area contributed by atoms with Crippen molar-refractivity contribution in [2.24, 2.45) is 0 Å². The number of hydrogen-bond acceptors (Lipinski definition) is 6. The number of amides is 1. The predicted octanol–water partition coefficient (Wildman–Crippen LogP) is 6.24. The number of halogens is 5. The van der Waals surface area contributed by atoms with Crippen LogP contribution in [0, 0.1) is 23.3 Å². The van der Waals surface area contributed by atoms with Crippen molar-refractivity contribution in [2.75, 3.05) is 12.4 Å². The fourth-order valence-corrected chi connectivity index (χ4v) is 3.77. The molecule has 3 rings (SSSR count). The standard InChI is InChI=1S/C22H17ClF4N2O4S/c1-22(2,3)33-20(31)18-17(29-21(23)34-18)19(30)28-16-14(26)12(24)11(13(25)15(16)27)9-6-5-7-10(8-9)32-4/h5-8H,1-4H3,(H,28,30)/i4D3. The Balaban J connectivity index is 2.01. The fourth-order valence-electron chi connectivity index (χ4n) is 2.79. The third-order valence-corrected chi connectivity index (χ3v) is 5.28. The second-order valence-electron chi connectivity index (χ2n) is 7.74. The van der Waals surface area contributed by atoms with Crippen LogP contribution in [-0.2, 0) is 4.74 Å². The van der Waals surface area contributed by atoms with Gasteiger partial charge in [-0.1, -0.05) is 35.1 Å². The molecule has 0 atom stereocenters. The van der Waals surface area contributed by atoms with Crippen molar-refractivity contribution in [3.8, 4) is 16.9 Å². The Morgan fingerprint density at radius 1 is 1.12 bits per heavy atom. The van der Waals surface area contributed by atoms with Crippen molar-refractivity contribution in [1.82, 2.24) is 4.98 Å². The predicted molar refractivity (Wildman–Crippen MR) is 119 cm³/mol. The van der Waals surface area contributed by atoms with Crippen LogP contribution in [0.2, 0.25) is 4.47 Å². The molecule has 0 saturated carbocycles. The van der Waals surface area contributed by atoms with Gasteiger partial charge in [-0.15, -0.1) is 0 Å². The monoisotopic (exact) mass is 519 g/mol. The second-order valence-corrected chi connectivity index (χ2v) is 9.32. The number of benzene rings is 2. The topological polar surface area (TPSA) is 77.5 Å². The van der Waals surface area contributed by atoms with Gasteiger partial charge >= 0.3 is 5.97 Å². The highest BCUT2D eigenvalue weighted by Gasteiger charge is 2.31. The Morgan fingerprint density at radius 3 is 2.35 bits per heavy atom. The van der Waals surface area contributed by atoms with Gasteiger partial charge in [-0.25, -0.2) is 27.3 Å². The van der Waals surface area contributed by atoms with Crippen molar-refractivity contribution in [3.63, 3.8) is 0 Å². The highest BCUT2D eigenvalue weighted by atomic mass is 35.5. The molecule has 34 heavy (non-hydrogen) atoms. The largest absolute Gasteiger partial charge is 0.497 e. The first-order valence-corrected chi connectivity index (χ1v) is 10.5. The van der Waals surface area contributed by atoms with E-state index in [1.54, 1.807) is 26.1 Å². The first-order valence-electron chi connectivity index (χ1n) is 10.8. The van der Waals surface area contributed by atoms with Crippen LogP contribution in [0.4, 0.5) is 23.2 Å². The van der Waals surface area contributed by atoms with Crippen LogP contribution >= 0.6 is 22.9 Å². The minimum absolute atomic E-state index is 0.279. The quantitative estimate of drug-likeness (QED) is 0.245. The molecule has 3 aromatic rings. The number of methoxy groups -OCH3 is 1. The summed E-state index contributed by atoms with van der Waals surface area (Å²) in [5.41, 5.74) is -4.74. The van der Waals surface area contributed by atoms with E-state index in [1.807, 2.05) is 0 Å². The van der Waals surface area contributed by atoms with Gasteiger partial charge in [-0.3, -0.25) is 4.79 Å². The molecule has 180 valence electrons. The van der Waals surface area contributed by atoms with Crippen molar-refractivity contribution in [3.05, 3.63) is 62.6 Å². The maximum absolute atomic E-state index is 14.9. The first kappa shape index (κ1) is 21.4. The van der Waals surface area contributed by atoms with Crippen molar-refractivity contribution in [2.45, 2.75) is 26.4 Å². The highest BCUT2D eigenvalue weighted by molar-refractivity contribution is 7.17. The van der Waals surface area contributed by atoms with Crippen LogP contribution in [0.3, 0.4) is 0 Å². The summed E-state index contributed by atoms with van der Waals surface area (Å²) in [6, 6.07) is 4.25. The molecule has 1 aromatic heterocycles. The molecule has 0 spiro atoms. The number of aromatic nitrogens is 1. The Morgan fingerprint density at radius 2 is 1.76 bits per heavy atom. The molecule has 12 heteroatoms. The normalized spacial score (nSPS) is 13.0. The van der Waals surface area contributed by atoms with Crippen molar-refractivity contribution in [1.29, 1.82) is 0 Å². The van der Waals surface area contributed by atoms with Gasteiger partial charge in [0.2, 0.25) is 0 Å². The maximum Gasteiger partial charge on any atom is 0.351 e. The van der Waals surface area contributed by atoms with Crippen molar-refractivity contribution >= 4 is 40.5 Å². The van der Waals surface area contributed by atoms with Crippen molar-refractivity contribution < 1.29 is 40.7 Å². The lowest BCUT2D eigenvalue weighted by molar-refractivity contribution is 0.00732. The highest BCUT2D eigenvalue weighted by Crippen LogP contribution is 2.36. The minimum atomic E-state index is -2.89. The van der Waals surface area contributed by atoms with E-state index < -0.39 is 75.2 Å². The van der Waals surface area contributed by atoms with Crippen LogP contribution < -0.4 is 10.1 Å². The molecule has 0 bridgehead atoms. The Hall–Kier alpha value is -3.18. The Labute approximate surface area is 204 Å². The minimum Gasteiger partial charge on any atom is -0.497 e. The third kappa shape index (κ3) is 5.15. The molecule has 1 N–H and O–H groups in total. The second kappa shape index (κ2) is 9.59.